The van der Waals surface area contributed by atoms with Crippen LogP contribution >= 0.6 is 15.8 Å². The van der Waals surface area contributed by atoms with E-state index in [4.69, 9.17) is 4.65 Å². The molecule has 0 atom stereocenters. The van der Waals surface area contributed by atoms with E-state index in [2.05, 4.69) is 189 Å². The van der Waals surface area contributed by atoms with Crippen LogP contribution in [0.4, 0.5) is 0 Å². The third-order valence-electron chi connectivity index (χ3n) is 6.09. The second-order valence-corrected chi connectivity index (χ2v) is 13.1. The van der Waals surface area contributed by atoms with Gasteiger partial charge in [0.25, 0.3) is 0 Å². The summed E-state index contributed by atoms with van der Waals surface area (Å²) >= 11 is 0. The maximum absolute atomic E-state index is 7.50. The predicted molar refractivity (Wildman–Crippen MR) is 174 cm³/mol. The molecule has 1 radical (unpaired) electrons. The summed E-state index contributed by atoms with van der Waals surface area (Å²) in [5.74, 6) is 0. The van der Waals surface area contributed by atoms with Crippen molar-refractivity contribution in [3.63, 3.8) is 0 Å². The molecule has 5 heteroatoms. The van der Waals surface area contributed by atoms with Crippen molar-refractivity contribution in [1.82, 2.24) is 0 Å². The van der Waals surface area contributed by atoms with Crippen LogP contribution in [-0.2, 0) is 24.1 Å². The summed E-state index contributed by atoms with van der Waals surface area (Å²) in [7, 11) is -0.892. The quantitative estimate of drug-likeness (QED) is 0.107. The van der Waals surface area contributed by atoms with E-state index in [1.54, 1.807) is 0 Å². The Hall–Kier alpha value is -2.98. The van der Waals surface area contributed by atoms with Gasteiger partial charge in [0.1, 0.15) is 0 Å². The number of benzene rings is 6. The van der Waals surface area contributed by atoms with Gasteiger partial charge in [-0.3, -0.25) is 0 Å². The van der Waals surface area contributed by atoms with Crippen molar-refractivity contribution in [3.05, 3.63) is 189 Å². The zero-order chi connectivity index (χ0) is 27.8. The molecule has 0 spiro atoms. The molecule has 0 aliphatic carbocycles. The van der Waals surface area contributed by atoms with Gasteiger partial charge in [-0.15, -0.1) is 0 Å². The molecule has 0 aliphatic rings. The van der Waals surface area contributed by atoms with E-state index in [9.17, 15) is 0 Å². The van der Waals surface area contributed by atoms with Gasteiger partial charge in [-0.2, -0.15) is 0 Å². The first-order valence-corrected chi connectivity index (χ1v) is 15.7. The Morgan fingerprint density at radius 3 is 0.524 bits per heavy atom. The maximum atomic E-state index is 7.50. The van der Waals surface area contributed by atoms with Gasteiger partial charge in [0.15, 0.2) is 0 Å². The van der Waals surface area contributed by atoms with E-state index in [0.29, 0.717) is 0 Å². The van der Waals surface area contributed by atoms with Gasteiger partial charge in [-0.05, 0) is 47.7 Å². The zero-order valence-corrected chi connectivity index (χ0v) is 27.8. The van der Waals surface area contributed by atoms with Crippen LogP contribution in [0.1, 0.15) is 0 Å². The van der Waals surface area contributed by atoms with Crippen LogP contribution in [-0.4, -0.2) is 0 Å². The molecule has 0 saturated heterocycles. The Kier molecular flexibility index (Phi) is 16.8. The van der Waals surface area contributed by atoms with Crippen molar-refractivity contribution in [1.29, 1.82) is 0 Å². The third-order valence-corrected chi connectivity index (χ3v) is 11.0. The Labute approximate surface area is 275 Å². The smallest absolute Gasteiger partial charge is 0 e. The van der Waals surface area contributed by atoms with Gasteiger partial charge in [0.2, 0.25) is 0 Å². The predicted octanol–water partition coefficient (Wildman–Crippen LogP) is 3.85. The van der Waals surface area contributed by atoms with Gasteiger partial charge >= 0.3 is 11.3 Å². The average molecular weight is 735 g/mol. The third kappa shape index (κ3) is 10.1. The minimum absolute atomic E-state index is 0. The Bertz CT molecular complexity index is 1230. The fourth-order valence-electron chi connectivity index (χ4n) is 4.36. The summed E-state index contributed by atoms with van der Waals surface area (Å²) in [5.41, 5.74) is 0. The van der Waals surface area contributed by atoms with Gasteiger partial charge in [-0.25, -0.2) is 0 Å². The van der Waals surface area contributed by atoms with Crippen molar-refractivity contribution in [2.75, 3.05) is 0 Å². The largest absolute Gasteiger partial charge is 0.0622 e. The molecule has 42 heavy (non-hydrogen) atoms. The summed E-state index contributed by atoms with van der Waals surface area (Å²) in [6, 6.07) is 64.7. The molecule has 211 valence electrons. The summed E-state index contributed by atoms with van der Waals surface area (Å²) in [5, 5.41) is 8.39. The van der Waals surface area contributed by atoms with E-state index in [1.807, 2.05) is 0 Å². The van der Waals surface area contributed by atoms with Crippen LogP contribution in [0.5, 0.6) is 0 Å². The van der Waals surface area contributed by atoms with E-state index < -0.39 is 15.8 Å². The normalized spacial score (nSPS) is 9.62. The van der Waals surface area contributed by atoms with Crippen molar-refractivity contribution in [2.45, 2.75) is 0 Å². The summed E-state index contributed by atoms with van der Waals surface area (Å²) < 4.78 is 7.50. The monoisotopic (exact) mass is 734 g/mol. The first-order valence-electron chi connectivity index (χ1n) is 13.0. The summed E-state index contributed by atoms with van der Waals surface area (Å²) in [4.78, 5) is 0. The Morgan fingerprint density at radius 2 is 0.405 bits per heavy atom. The van der Waals surface area contributed by atoms with Gasteiger partial charge < -0.3 is 17.0 Å². The minimum atomic E-state index is -0.446. The molecule has 0 N–H and O–H groups in total. The van der Waals surface area contributed by atoms with Crippen LogP contribution in [0.2, 0.25) is 0 Å². The molecule has 0 aromatic heterocycles. The first-order chi connectivity index (χ1) is 19.9. The van der Waals surface area contributed by atoms with Crippen LogP contribution < -0.4 is 48.8 Å². The Morgan fingerprint density at radius 1 is 0.286 bits per heavy atom. The molecular formula is C37H30BrOP2Rh-. The number of hydrogen-bond acceptors (Lipinski definition) is 0. The topological polar surface area (TPSA) is 19.9 Å². The molecule has 0 bridgehead atoms. The number of hydrogen-bond donors (Lipinski definition) is 0. The van der Waals surface area contributed by atoms with Gasteiger partial charge in [-0.1, -0.05) is 182 Å². The van der Waals surface area contributed by atoms with E-state index in [1.165, 1.54) is 31.8 Å². The standard InChI is InChI=1S/2C18H15P.CO.BrH.Rh/c2*1-4-10-16(11-5-1)19(17-12-6-2-7-13-17)18-14-8-3-9-15-18;1-2;;/h2*1-15H;;1H;/p-1. The summed E-state index contributed by atoms with van der Waals surface area (Å²) in [6.45, 7) is 4.50. The van der Waals surface area contributed by atoms with E-state index in [0.717, 1.165) is 0 Å². The first kappa shape index (κ1) is 35.2. The molecule has 6 aromatic rings. The molecule has 1 nitrogen and oxygen atoms in total. The van der Waals surface area contributed by atoms with Crippen LogP contribution in [0, 0.1) is 6.65 Å². The molecule has 0 fully saturated rings. The number of rotatable bonds is 6. The van der Waals surface area contributed by atoms with Crippen LogP contribution in [0.15, 0.2) is 182 Å². The van der Waals surface area contributed by atoms with Crippen molar-refractivity contribution in [2.24, 2.45) is 0 Å². The van der Waals surface area contributed by atoms with Crippen molar-refractivity contribution < 1.29 is 41.1 Å². The molecule has 0 saturated carbocycles. The zero-order valence-electron chi connectivity index (χ0n) is 22.8. The Balaban J connectivity index is 0.000000265. The molecule has 0 heterocycles. The van der Waals surface area contributed by atoms with E-state index >= 15 is 0 Å². The molecule has 6 aromatic carbocycles. The van der Waals surface area contributed by atoms with Gasteiger partial charge in [0.05, 0.1) is 0 Å². The van der Waals surface area contributed by atoms with Crippen LogP contribution in [0.25, 0.3) is 0 Å². The summed E-state index contributed by atoms with van der Waals surface area (Å²) in [6.07, 6.45) is 0. The minimum Gasteiger partial charge on any atom is -0.0622 e. The van der Waals surface area contributed by atoms with Crippen molar-refractivity contribution >= 4 is 47.7 Å². The SMILES string of the molecule is [Br-].[C-]#[O+].[Rh].c1ccc(P(c2ccccc2)c2ccccc2)cc1.c1ccc(P(c2ccccc2)c2ccccc2)cc1. The average Bonchev–Trinajstić information content (AvgIpc) is 3.06. The maximum Gasteiger partial charge on any atom is 0 e. The van der Waals surface area contributed by atoms with Crippen molar-refractivity contribution in [3.8, 4) is 0 Å². The van der Waals surface area contributed by atoms with Crippen LogP contribution in [0.3, 0.4) is 0 Å². The molecule has 0 amide bonds. The fraction of sp³-hybridized carbons (Fsp3) is 0. The molecule has 0 unspecified atom stereocenters. The second-order valence-electron chi connectivity index (χ2n) is 8.68. The molecule has 6 rings (SSSR count). The van der Waals surface area contributed by atoms with Gasteiger partial charge in [0, 0.05) is 19.5 Å². The van der Waals surface area contributed by atoms with E-state index in [-0.39, 0.29) is 36.5 Å². The molecular weight excluding hydrogens is 705 g/mol. The number of halogens is 1. The molecule has 0 aliphatic heterocycles. The second kappa shape index (κ2) is 20.0. The fourth-order valence-corrected chi connectivity index (χ4v) is 8.97.